The molecule has 5 heteroatoms. The second kappa shape index (κ2) is 7.22. The molecule has 0 radical (unpaired) electrons. The van der Waals surface area contributed by atoms with Crippen molar-refractivity contribution >= 4 is 11.7 Å². The van der Waals surface area contributed by atoms with Crippen molar-refractivity contribution in [3.63, 3.8) is 0 Å². The normalized spacial score (nSPS) is 12.4. The van der Waals surface area contributed by atoms with Crippen LogP contribution in [0.5, 0.6) is 0 Å². The number of hydrogen-bond acceptors (Lipinski definition) is 4. The molecule has 1 aromatic carbocycles. The van der Waals surface area contributed by atoms with Crippen molar-refractivity contribution in [3.8, 4) is 0 Å². The fraction of sp³-hybridized carbons (Fsp3) is 0.412. The monoisotopic (exact) mass is 301 g/mol. The predicted octanol–water partition coefficient (Wildman–Crippen LogP) is 3.14. The summed E-state index contributed by atoms with van der Waals surface area (Å²) in [6.07, 6.45) is 0.727. The van der Waals surface area contributed by atoms with E-state index in [0.29, 0.717) is 11.6 Å². The zero-order valence-corrected chi connectivity index (χ0v) is 13.6. The van der Waals surface area contributed by atoms with Crippen LogP contribution in [0.25, 0.3) is 0 Å². The van der Waals surface area contributed by atoms with Gasteiger partial charge in [-0.3, -0.25) is 9.69 Å². The standard InChI is InChI=1S/C17H23N3O2/c1-5-15(17(21)18-16-10-13(3)22-19-16)20(4)11-14-8-6-12(2)7-9-14/h6-10,15H,5,11H2,1-4H3,(H,18,19,21)/t15-/m0/s1. The number of rotatable bonds is 6. The summed E-state index contributed by atoms with van der Waals surface area (Å²) in [5.41, 5.74) is 2.43. The molecule has 1 amide bonds. The Morgan fingerprint density at radius 1 is 1.32 bits per heavy atom. The third kappa shape index (κ3) is 4.18. The van der Waals surface area contributed by atoms with Crippen molar-refractivity contribution in [1.29, 1.82) is 0 Å². The van der Waals surface area contributed by atoms with E-state index in [1.54, 1.807) is 13.0 Å². The van der Waals surface area contributed by atoms with E-state index in [4.69, 9.17) is 4.52 Å². The highest BCUT2D eigenvalue weighted by atomic mass is 16.5. The van der Waals surface area contributed by atoms with E-state index in [-0.39, 0.29) is 11.9 Å². The highest BCUT2D eigenvalue weighted by molar-refractivity contribution is 5.93. The summed E-state index contributed by atoms with van der Waals surface area (Å²) >= 11 is 0. The maximum Gasteiger partial charge on any atom is 0.242 e. The Labute approximate surface area is 131 Å². The lowest BCUT2D eigenvalue weighted by atomic mass is 10.1. The van der Waals surface area contributed by atoms with Crippen molar-refractivity contribution in [2.45, 2.75) is 39.8 Å². The predicted molar refractivity (Wildman–Crippen MR) is 86.6 cm³/mol. The van der Waals surface area contributed by atoms with Crippen LogP contribution in [0, 0.1) is 13.8 Å². The molecule has 0 fully saturated rings. The minimum Gasteiger partial charge on any atom is -0.360 e. The molecule has 2 aromatic rings. The number of likely N-dealkylation sites (N-methyl/N-ethyl adjacent to an activating group) is 1. The van der Waals surface area contributed by atoms with Crippen LogP contribution in [0.4, 0.5) is 5.82 Å². The maximum absolute atomic E-state index is 12.4. The number of nitrogens with one attached hydrogen (secondary N) is 1. The Morgan fingerprint density at radius 2 is 2.00 bits per heavy atom. The number of hydrogen-bond donors (Lipinski definition) is 1. The van der Waals surface area contributed by atoms with Gasteiger partial charge in [0.2, 0.25) is 5.91 Å². The lowest BCUT2D eigenvalue weighted by molar-refractivity contribution is -0.121. The van der Waals surface area contributed by atoms with Gasteiger partial charge in [-0.1, -0.05) is 41.9 Å². The van der Waals surface area contributed by atoms with Crippen LogP contribution in [0.15, 0.2) is 34.9 Å². The van der Waals surface area contributed by atoms with Gasteiger partial charge in [-0.15, -0.1) is 0 Å². The Hall–Kier alpha value is -2.14. The summed E-state index contributed by atoms with van der Waals surface area (Å²) in [6.45, 7) is 6.59. The third-order valence-corrected chi connectivity index (χ3v) is 3.65. The van der Waals surface area contributed by atoms with Gasteiger partial charge in [0.1, 0.15) is 5.76 Å². The molecule has 1 atom stereocenters. The van der Waals surface area contributed by atoms with Gasteiger partial charge in [0, 0.05) is 12.6 Å². The average Bonchev–Trinajstić information content (AvgIpc) is 2.87. The number of benzene rings is 1. The van der Waals surface area contributed by atoms with Gasteiger partial charge in [-0.05, 0) is 32.9 Å². The van der Waals surface area contributed by atoms with E-state index in [2.05, 4.69) is 41.7 Å². The summed E-state index contributed by atoms with van der Waals surface area (Å²) in [4.78, 5) is 14.5. The second-order valence-electron chi connectivity index (χ2n) is 5.64. The molecule has 0 saturated heterocycles. The fourth-order valence-electron chi connectivity index (χ4n) is 2.42. The topological polar surface area (TPSA) is 58.4 Å². The van der Waals surface area contributed by atoms with E-state index in [1.807, 2.05) is 18.9 Å². The van der Waals surface area contributed by atoms with Gasteiger partial charge in [0.25, 0.3) is 0 Å². The average molecular weight is 301 g/mol. The van der Waals surface area contributed by atoms with Gasteiger partial charge in [0.15, 0.2) is 5.82 Å². The molecule has 0 spiro atoms. The molecule has 0 aliphatic heterocycles. The molecule has 0 saturated carbocycles. The molecule has 2 rings (SSSR count). The molecule has 1 aromatic heterocycles. The molecule has 0 aliphatic rings. The number of carbonyl (C=O) groups is 1. The molecular formula is C17H23N3O2. The van der Waals surface area contributed by atoms with Crippen molar-refractivity contribution in [3.05, 3.63) is 47.2 Å². The molecule has 0 aliphatic carbocycles. The highest BCUT2D eigenvalue weighted by Crippen LogP contribution is 2.13. The first-order valence-electron chi connectivity index (χ1n) is 7.49. The minimum atomic E-state index is -0.210. The van der Waals surface area contributed by atoms with Gasteiger partial charge in [-0.25, -0.2) is 0 Å². The molecule has 0 bridgehead atoms. The number of aromatic nitrogens is 1. The van der Waals surface area contributed by atoms with Crippen LogP contribution in [-0.4, -0.2) is 29.1 Å². The minimum absolute atomic E-state index is 0.0644. The van der Waals surface area contributed by atoms with Crippen molar-refractivity contribution in [1.82, 2.24) is 10.1 Å². The number of anilines is 1. The molecule has 1 N–H and O–H groups in total. The quantitative estimate of drug-likeness (QED) is 0.890. The summed E-state index contributed by atoms with van der Waals surface area (Å²) < 4.78 is 4.97. The Balaban J connectivity index is 1.99. The number of amides is 1. The van der Waals surface area contributed by atoms with Crippen molar-refractivity contribution < 1.29 is 9.32 Å². The zero-order valence-electron chi connectivity index (χ0n) is 13.6. The molecule has 22 heavy (non-hydrogen) atoms. The van der Waals surface area contributed by atoms with E-state index in [0.717, 1.165) is 13.0 Å². The van der Waals surface area contributed by atoms with Crippen LogP contribution in [0.1, 0.15) is 30.2 Å². The molecule has 118 valence electrons. The lowest BCUT2D eigenvalue weighted by Gasteiger charge is -2.25. The summed E-state index contributed by atoms with van der Waals surface area (Å²) in [5, 5.41) is 6.60. The first-order valence-corrected chi connectivity index (χ1v) is 7.49. The largest absolute Gasteiger partial charge is 0.360 e. The fourth-order valence-corrected chi connectivity index (χ4v) is 2.42. The number of carbonyl (C=O) groups excluding carboxylic acids is 1. The van der Waals surface area contributed by atoms with Gasteiger partial charge >= 0.3 is 0 Å². The van der Waals surface area contributed by atoms with Crippen LogP contribution < -0.4 is 5.32 Å². The first kappa shape index (κ1) is 16.2. The highest BCUT2D eigenvalue weighted by Gasteiger charge is 2.22. The molecule has 0 unspecified atom stereocenters. The van der Waals surface area contributed by atoms with Gasteiger partial charge < -0.3 is 9.84 Å². The second-order valence-corrected chi connectivity index (χ2v) is 5.64. The zero-order chi connectivity index (χ0) is 16.1. The smallest absolute Gasteiger partial charge is 0.242 e. The SMILES string of the molecule is CC[C@@H](C(=O)Nc1cc(C)on1)N(C)Cc1ccc(C)cc1. The van der Waals surface area contributed by atoms with Gasteiger partial charge in [0.05, 0.1) is 6.04 Å². The summed E-state index contributed by atoms with van der Waals surface area (Å²) in [7, 11) is 1.96. The van der Waals surface area contributed by atoms with Crippen molar-refractivity contribution in [2.75, 3.05) is 12.4 Å². The van der Waals surface area contributed by atoms with Gasteiger partial charge in [-0.2, -0.15) is 0 Å². The molecule has 5 nitrogen and oxygen atoms in total. The van der Waals surface area contributed by atoms with E-state index in [1.165, 1.54) is 11.1 Å². The number of nitrogens with zero attached hydrogens (tertiary/aromatic N) is 2. The summed E-state index contributed by atoms with van der Waals surface area (Å²) in [6, 6.07) is 9.86. The summed E-state index contributed by atoms with van der Waals surface area (Å²) in [5.74, 6) is 1.08. The molecule has 1 heterocycles. The van der Waals surface area contributed by atoms with Crippen LogP contribution in [0.3, 0.4) is 0 Å². The van der Waals surface area contributed by atoms with E-state index >= 15 is 0 Å². The number of aryl methyl sites for hydroxylation is 2. The third-order valence-electron chi connectivity index (χ3n) is 3.65. The van der Waals surface area contributed by atoms with Crippen molar-refractivity contribution in [2.24, 2.45) is 0 Å². The lowest BCUT2D eigenvalue weighted by Crippen LogP contribution is -2.41. The Morgan fingerprint density at radius 3 is 2.55 bits per heavy atom. The van der Waals surface area contributed by atoms with Crippen LogP contribution >= 0.6 is 0 Å². The Bertz CT molecular complexity index is 619. The van der Waals surface area contributed by atoms with Crippen LogP contribution in [0.2, 0.25) is 0 Å². The Kier molecular flexibility index (Phi) is 5.33. The van der Waals surface area contributed by atoms with E-state index in [9.17, 15) is 4.79 Å². The van der Waals surface area contributed by atoms with Crippen LogP contribution in [-0.2, 0) is 11.3 Å². The van der Waals surface area contributed by atoms with E-state index < -0.39 is 0 Å². The molecular weight excluding hydrogens is 278 g/mol. The first-order chi connectivity index (χ1) is 10.5. The maximum atomic E-state index is 12.4.